The second kappa shape index (κ2) is 5.71. The summed E-state index contributed by atoms with van der Waals surface area (Å²) in [5.41, 5.74) is 0.862. The second-order valence-electron chi connectivity index (χ2n) is 5.29. The maximum absolute atomic E-state index is 5.16. The van der Waals surface area contributed by atoms with E-state index in [0.717, 1.165) is 37.6 Å². The van der Waals surface area contributed by atoms with Gasteiger partial charge in [-0.2, -0.15) is 10.1 Å². The highest BCUT2D eigenvalue weighted by atomic mass is 16.5. The van der Waals surface area contributed by atoms with Crippen molar-refractivity contribution in [2.45, 2.75) is 0 Å². The number of fused-ring (bicyclic) bond motifs is 1. The number of ether oxygens (including phenoxy) is 1. The number of anilines is 2. The van der Waals surface area contributed by atoms with Crippen LogP contribution in [0.15, 0.2) is 36.8 Å². The minimum atomic E-state index is 0.588. The summed E-state index contributed by atoms with van der Waals surface area (Å²) in [5, 5.41) is 4.17. The lowest BCUT2D eigenvalue weighted by Crippen LogP contribution is -2.47. The van der Waals surface area contributed by atoms with Crippen molar-refractivity contribution in [2.75, 3.05) is 43.1 Å². The number of nitrogens with zero attached hydrogens (tertiary/aromatic N) is 7. The van der Waals surface area contributed by atoms with Crippen LogP contribution in [-0.4, -0.2) is 57.9 Å². The van der Waals surface area contributed by atoms with Crippen LogP contribution in [0.2, 0.25) is 0 Å². The molecule has 0 radical (unpaired) electrons. The molecule has 0 spiro atoms. The number of methoxy groups -OCH3 is 1. The summed E-state index contributed by atoms with van der Waals surface area (Å²) in [5.74, 6) is 2.28. The normalized spacial score (nSPS) is 15.2. The van der Waals surface area contributed by atoms with Crippen LogP contribution in [0.5, 0.6) is 5.88 Å². The Kier molecular flexibility index (Phi) is 3.41. The van der Waals surface area contributed by atoms with Crippen LogP contribution >= 0.6 is 0 Å². The Morgan fingerprint density at radius 3 is 2.61 bits per heavy atom. The van der Waals surface area contributed by atoms with Gasteiger partial charge in [-0.3, -0.25) is 0 Å². The zero-order valence-corrected chi connectivity index (χ0v) is 12.8. The lowest BCUT2D eigenvalue weighted by Gasteiger charge is -2.35. The molecule has 8 nitrogen and oxygen atoms in total. The third-order valence-electron chi connectivity index (χ3n) is 3.96. The van der Waals surface area contributed by atoms with Gasteiger partial charge in [0, 0.05) is 50.7 Å². The van der Waals surface area contributed by atoms with Crippen LogP contribution in [0.4, 0.5) is 11.8 Å². The highest BCUT2D eigenvalue weighted by molar-refractivity contribution is 5.48. The Morgan fingerprint density at radius 1 is 0.957 bits per heavy atom. The Balaban J connectivity index is 1.47. The Hall–Kier alpha value is -2.90. The van der Waals surface area contributed by atoms with Crippen molar-refractivity contribution in [1.82, 2.24) is 24.6 Å². The molecule has 0 atom stereocenters. The highest BCUT2D eigenvalue weighted by Gasteiger charge is 2.20. The fourth-order valence-electron chi connectivity index (χ4n) is 2.71. The van der Waals surface area contributed by atoms with Crippen LogP contribution in [0.1, 0.15) is 0 Å². The van der Waals surface area contributed by atoms with E-state index in [9.17, 15) is 0 Å². The monoisotopic (exact) mass is 311 g/mol. The first-order chi connectivity index (χ1) is 11.3. The molecule has 1 aliphatic rings. The van der Waals surface area contributed by atoms with E-state index >= 15 is 0 Å². The van der Waals surface area contributed by atoms with E-state index in [1.807, 2.05) is 18.3 Å². The van der Waals surface area contributed by atoms with E-state index in [0.29, 0.717) is 11.8 Å². The summed E-state index contributed by atoms with van der Waals surface area (Å²) in [6.07, 6.45) is 5.42. The molecule has 4 rings (SSSR count). The largest absolute Gasteiger partial charge is 0.481 e. The third kappa shape index (κ3) is 2.63. The highest BCUT2D eigenvalue weighted by Crippen LogP contribution is 2.18. The smallest absolute Gasteiger partial charge is 0.228 e. The molecule has 4 heterocycles. The van der Waals surface area contributed by atoms with Crippen molar-refractivity contribution in [3.05, 3.63) is 36.8 Å². The van der Waals surface area contributed by atoms with Crippen LogP contribution in [-0.2, 0) is 0 Å². The fraction of sp³-hybridized carbons (Fsp3) is 0.333. The molecular formula is C15H17N7O. The molecule has 118 valence electrons. The summed E-state index contributed by atoms with van der Waals surface area (Å²) in [6, 6.07) is 5.66. The maximum Gasteiger partial charge on any atom is 0.228 e. The van der Waals surface area contributed by atoms with E-state index in [1.165, 1.54) is 0 Å². The summed E-state index contributed by atoms with van der Waals surface area (Å²) in [7, 11) is 1.61. The van der Waals surface area contributed by atoms with Crippen molar-refractivity contribution in [3.63, 3.8) is 0 Å². The number of rotatable bonds is 3. The third-order valence-corrected chi connectivity index (χ3v) is 3.96. The van der Waals surface area contributed by atoms with Gasteiger partial charge in [-0.15, -0.1) is 0 Å². The van der Waals surface area contributed by atoms with E-state index in [4.69, 9.17) is 4.74 Å². The van der Waals surface area contributed by atoms with Crippen molar-refractivity contribution in [3.8, 4) is 5.88 Å². The molecule has 0 bridgehead atoms. The standard InChI is InChI=1S/C15H17N7O/c1-23-14-3-5-16-15(19-14)21-10-8-20(9-11-21)12-4-7-22-13(18-12)2-6-17-22/h2-7H,8-11H2,1H3. The average Bonchev–Trinajstić information content (AvgIpc) is 3.09. The number of hydrogen-bond donors (Lipinski definition) is 0. The topological polar surface area (TPSA) is 71.7 Å². The zero-order chi connectivity index (χ0) is 15.6. The zero-order valence-electron chi connectivity index (χ0n) is 12.8. The molecule has 0 saturated carbocycles. The summed E-state index contributed by atoms with van der Waals surface area (Å²) in [6.45, 7) is 3.44. The van der Waals surface area contributed by atoms with Gasteiger partial charge >= 0.3 is 0 Å². The SMILES string of the molecule is COc1ccnc(N2CCN(c3ccn4nccc4n3)CC2)n1. The van der Waals surface area contributed by atoms with Gasteiger partial charge < -0.3 is 14.5 Å². The van der Waals surface area contributed by atoms with Gasteiger partial charge in [0.2, 0.25) is 11.8 Å². The summed E-state index contributed by atoms with van der Waals surface area (Å²) in [4.78, 5) is 17.8. The molecule has 3 aromatic rings. The fourth-order valence-corrected chi connectivity index (χ4v) is 2.71. The van der Waals surface area contributed by atoms with Gasteiger partial charge in [0.15, 0.2) is 5.65 Å². The predicted molar refractivity (Wildman–Crippen MR) is 86.0 cm³/mol. The van der Waals surface area contributed by atoms with Gasteiger partial charge in [-0.1, -0.05) is 0 Å². The number of piperazine rings is 1. The van der Waals surface area contributed by atoms with Gasteiger partial charge in [-0.05, 0) is 6.07 Å². The first-order valence-corrected chi connectivity index (χ1v) is 7.51. The van der Waals surface area contributed by atoms with Gasteiger partial charge in [0.25, 0.3) is 0 Å². The molecule has 1 aliphatic heterocycles. The summed E-state index contributed by atoms with van der Waals surface area (Å²) < 4.78 is 6.93. The Bertz CT molecular complexity index is 810. The molecular weight excluding hydrogens is 294 g/mol. The van der Waals surface area contributed by atoms with E-state index in [2.05, 4.69) is 29.9 Å². The lowest BCUT2D eigenvalue weighted by atomic mass is 10.3. The van der Waals surface area contributed by atoms with Crippen LogP contribution in [0.3, 0.4) is 0 Å². The number of hydrogen-bond acceptors (Lipinski definition) is 7. The molecule has 1 fully saturated rings. The molecule has 0 unspecified atom stereocenters. The molecule has 8 heteroatoms. The second-order valence-corrected chi connectivity index (χ2v) is 5.29. The summed E-state index contributed by atoms with van der Waals surface area (Å²) >= 11 is 0. The van der Waals surface area contributed by atoms with E-state index in [-0.39, 0.29) is 0 Å². The molecule has 3 aromatic heterocycles. The minimum absolute atomic E-state index is 0.588. The number of aromatic nitrogens is 5. The van der Waals surface area contributed by atoms with Crippen LogP contribution < -0.4 is 14.5 Å². The molecule has 0 amide bonds. The molecule has 0 aliphatic carbocycles. The molecule has 23 heavy (non-hydrogen) atoms. The Labute approximate surface area is 133 Å². The first-order valence-electron chi connectivity index (χ1n) is 7.51. The minimum Gasteiger partial charge on any atom is -0.481 e. The van der Waals surface area contributed by atoms with Gasteiger partial charge in [-0.25, -0.2) is 14.5 Å². The van der Waals surface area contributed by atoms with E-state index in [1.54, 1.807) is 30.1 Å². The maximum atomic E-state index is 5.16. The average molecular weight is 311 g/mol. The van der Waals surface area contributed by atoms with Crippen molar-refractivity contribution < 1.29 is 4.74 Å². The lowest BCUT2D eigenvalue weighted by molar-refractivity contribution is 0.396. The van der Waals surface area contributed by atoms with Gasteiger partial charge in [0.05, 0.1) is 13.3 Å². The van der Waals surface area contributed by atoms with E-state index < -0.39 is 0 Å². The van der Waals surface area contributed by atoms with Crippen molar-refractivity contribution in [2.24, 2.45) is 0 Å². The van der Waals surface area contributed by atoms with Crippen molar-refractivity contribution >= 4 is 17.4 Å². The first kappa shape index (κ1) is 13.7. The molecule has 0 aromatic carbocycles. The Morgan fingerprint density at radius 2 is 1.78 bits per heavy atom. The van der Waals surface area contributed by atoms with Gasteiger partial charge in [0.1, 0.15) is 5.82 Å². The predicted octanol–water partition coefficient (Wildman–Crippen LogP) is 0.854. The van der Waals surface area contributed by atoms with Crippen molar-refractivity contribution in [1.29, 1.82) is 0 Å². The molecule has 1 saturated heterocycles. The quantitative estimate of drug-likeness (QED) is 0.710. The van der Waals surface area contributed by atoms with Crippen LogP contribution in [0.25, 0.3) is 5.65 Å². The molecule has 0 N–H and O–H groups in total. The van der Waals surface area contributed by atoms with Crippen LogP contribution in [0, 0.1) is 0 Å².